The van der Waals surface area contributed by atoms with Crippen LogP contribution >= 0.6 is 0 Å². The maximum atomic E-state index is 11.9. The van der Waals surface area contributed by atoms with Gasteiger partial charge in [-0.1, -0.05) is 19.1 Å². The number of carbonyl (C=O) groups is 1. The first-order valence-corrected chi connectivity index (χ1v) is 6.81. The van der Waals surface area contributed by atoms with E-state index in [-0.39, 0.29) is 17.8 Å². The normalized spacial score (nSPS) is 19.3. The number of ether oxygens (including phenoxy) is 1. The molecule has 106 valence electrons. The highest BCUT2D eigenvalue weighted by Crippen LogP contribution is 2.36. The Morgan fingerprint density at radius 3 is 2.84 bits per heavy atom. The molecule has 1 aliphatic carbocycles. The van der Waals surface area contributed by atoms with Gasteiger partial charge in [0.05, 0.1) is 12.7 Å². The van der Waals surface area contributed by atoms with Gasteiger partial charge in [0.15, 0.2) is 5.69 Å². The smallest absolute Gasteiger partial charge is 0.360 e. The fourth-order valence-electron chi connectivity index (χ4n) is 2.34. The van der Waals surface area contributed by atoms with Crippen molar-refractivity contribution in [1.29, 1.82) is 0 Å². The standard InChI is InChI=1S/C13H22N4O2/c1-13(2)5-3-10(4-6-13)19-12(18)11-9-17(8-7-14)16-15-11/h9-10H,3-8,14H2,1-2H3. The van der Waals surface area contributed by atoms with Crippen molar-refractivity contribution in [3.8, 4) is 0 Å². The lowest BCUT2D eigenvalue weighted by Gasteiger charge is -2.33. The Bertz CT molecular complexity index is 432. The molecule has 2 rings (SSSR count). The van der Waals surface area contributed by atoms with Gasteiger partial charge >= 0.3 is 5.97 Å². The fourth-order valence-corrected chi connectivity index (χ4v) is 2.34. The molecule has 19 heavy (non-hydrogen) atoms. The average Bonchev–Trinajstić information content (AvgIpc) is 2.81. The summed E-state index contributed by atoms with van der Waals surface area (Å²) in [7, 11) is 0. The molecule has 0 unspecified atom stereocenters. The monoisotopic (exact) mass is 266 g/mol. The van der Waals surface area contributed by atoms with E-state index in [1.165, 1.54) is 0 Å². The number of rotatable bonds is 4. The summed E-state index contributed by atoms with van der Waals surface area (Å²) in [6, 6.07) is 0. The van der Waals surface area contributed by atoms with Gasteiger partial charge in [-0.25, -0.2) is 4.79 Å². The van der Waals surface area contributed by atoms with Crippen molar-refractivity contribution in [3.63, 3.8) is 0 Å². The summed E-state index contributed by atoms with van der Waals surface area (Å²) in [5.41, 5.74) is 6.05. The van der Waals surface area contributed by atoms with Gasteiger partial charge in [0.1, 0.15) is 6.10 Å². The van der Waals surface area contributed by atoms with E-state index < -0.39 is 0 Å². The maximum absolute atomic E-state index is 11.9. The van der Waals surface area contributed by atoms with Crippen LogP contribution in [-0.4, -0.2) is 33.6 Å². The van der Waals surface area contributed by atoms with E-state index in [9.17, 15) is 4.79 Å². The van der Waals surface area contributed by atoms with Crippen molar-refractivity contribution < 1.29 is 9.53 Å². The summed E-state index contributed by atoms with van der Waals surface area (Å²) in [6.07, 6.45) is 5.63. The first kappa shape index (κ1) is 14.0. The van der Waals surface area contributed by atoms with Crippen molar-refractivity contribution in [3.05, 3.63) is 11.9 Å². The molecule has 2 N–H and O–H groups in total. The lowest BCUT2D eigenvalue weighted by Crippen LogP contribution is -2.28. The third kappa shape index (κ3) is 3.76. The van der Waals surface area contributed by atoms with Gasteiger partial charge in [0, 0.05) is 6.54 Å². The van der Waals surface area contributed by atoms with Crippen LogP contribution in [0.2, 0.25) is 0 Å². The Hall–Kier alpha value is -1.43. The third-order valence-corrected chi connectivity index (χ3v) is 3.67. The van der Waals surface area contributed by atoms with Gasteiger partial charge in [0.2, 0.25) is 0 Å². The van der Waals surface area contributed by atoms with Crippen LogP contribution in [0.3, 0.4) is 0 Å². The van der Waals surface area contributed by atoms with Crippen molar-refractivity contribution >= 4 is 5.97 Å². The minimum atomic E-state index is -0.382. The van der Waals surface area contributed by atoms with Gasteiger partial charge in [0.25, 0.3) is 0 Å². The first-order valence-electron chi connectivity index (χ1n) is 6.81. The van der Waals surface area contributed by atoms with E-state index >= 15 is 0 Å². The Labute approximate surface area is 113 Å². The third-order valence-electron chi connectivity index (χ3n) is 3.67. The topological polar surface area (TPSA) is 83.0 Å². The van der Waals surface area contributed by atoms with Crippen LogP contribution < -0.4 is 5.73 Å². The van der Waals surface area contributed by atoms with Gasteiger partial charge in [-0.2, -0.15) is 0 Å². The van der Waals surface area contributed by atoms with E-state index in [1.807, 2.05) is 0 Å². The van der Waals surface area contributed by atoms with Crippen LogP contribution in [0.4, 0.5) is 0 Å². The summed E-state index contributed by atoms with van der Waals surface area (Å²) in [6.45, 7) is 5.53. The highest BCUT2D eigenvalue weighted by Gasteiger charge is 2.29. The molecule has 0 amide bonds. The summed E-state index contributed by atoms with van der Waals surface area (Å²) < 4.78 is 7.03. The molecule has 0 spiro atoms. The van der Waals surface area contributed by atoms with Gasteiger partial charge < -0.3 is 10.5 Å². The second-order valence-electron chi connectivity index (χ2n) is 5.92. The SMILES string of the molecule is CC1(C)CCC(OC(=O)c2cn(CCN)nn2)CC1. The van der Waals surface area contributed by atoms with Crippen molar-refractivity contribution in [2.24, 2.45) is 11.1 Å². The molecule has 1 saturated carbocycles. The highest BCUT2D eigenvalue weighted by atomic mass is 16.5. The number of nitrogens with zero attached hydrogens (tertiary/aromatic N) is 3. The Morgan fingerprint density at radius 1 is 1.53 bits per heavy atom. The van der Waals surface area contributed by atoms with Gasteiger partial charge in [-0.3, -0.25) is 4.68 Å². The Morgan fingerprint density at radius 2 is 2.21 bits per heavy atom. The van der Waals surface area contributed by atoms with Crippen LogP contribution in [0, 0.1) is 5.41 Å². The molecular weight excluding hydrogens is 244 g/mol. The predicted molar refractivity (Wildman–Crippen MR) is 70.5 cm³/mol. The Balaban J connectivity index is 1.87. The molecule has 6 nitrogen and oxygen atoms in total. The minimum absolute atomic E-state index is 0.0141. The maximum Gasteiger partial charge on any atom is 0.360 e. The van der Waals surface area contributed by atoms with Crippen molar-refractivity contribution in [2.45, 2.75) is 52.2 Å². The van der Waals surface area contributed by atoms with Crippen molar-refractivity contribution in [2.75, 3.05) is 6.54 Å². The molecule has 0 bridgehead atoms. The Kier molecular flexibility index (Phi) is 4.19. The van der Waals surface area contributed by atoms with Crippen molar-refractivity contribution in [1.82, 2.24) is 15.0 Å². The largest absolute Gasteiger partial charge is 0.458 e. The molecule has 0 aromatic carbocycles. The molecule has 1 aliphatic rings. The second kappa shape index (κ2) is 5.69. The molecule has 0 atom stereocenters. The number of aromatic nitrogens is 3. The van der Waals surface area contributed by atoms with E-state index in [2.05, 4.69) is 24.2 Å². The molecule has 0 saturated heterocycles. The predicted octanol–water partition coefficient (Wildman–Crippen LogP) is 1.36. The molecule has 6 heteroatoms. The molecule has 0 radical (unpaired) electrons. The summed E-state index contributed by atoms with van der Waals surface area (Å²) in [4.78, 5) is 11.9. The molecule has 1 fully saturated rings. The van der Waals surface area contributed by atoms with Crippen LogP contribution in [0.25, 0.3) is 0 Å². The van der Waals surface area contributed by atoms with E-state index in [1.54, 1.807) is 10.9 Å². The lowest BCUT2D eigenvalue weighted by molar-refractivity contribution is 0.00890. The number of carbonyl (C=O) groups excluding carboxylic acids is 1. The minimum Gasteiger partial charge on any atom is -0.458 e. The zero-order valence-corrected chi connectivity index (χ0v) is 11.6. The summed E-state index contributed by atoms with van der Waals surface area (Å²) in [5, 5.41) is 7.64. The first-order chi connectivity index (χ1) is 9.00. The van der Waals surface area contributed by atoms with Crippen LogP contribution in [0.1, 0.15) is 50.0 Å². The highest BCUT2D eigenvalue weighted by molar-refractivity contribution is 5.86. The molecular formula is C13H22N4O2. The number of nitrogens with two attached hydrogens (primary N) is 1. The van der Waals surface area contributed by atoms with Crippen LogP contribution in [0.15, 0.2) is 6.20 Å². The van der Waals surface area contributed by atoms with E-state index in [0.29, 0.717) is 18.5 Å². The fraction of sp³-hybridized carbons (Fsp3) is 0.769. The average molecular weight is 266 g/mol. The molecule has 1 heterocycles. The van der Waals surface area contributed by atoms with Crippen LogP contribution in [0.5, 0.6) is 0 Å². The molecule has 0 aliphatic heterocycles. The second-order valence-corrected chi connectivity index (χ2v) is 5.92. The van der Waals surface area contributed by atoms with Gasteiger partial charge in [-0.15, -0.1) is 5.10 Å². The zero-order valence-electron chi connectivity index (χ0n) is 11.6. The molecule has 1 aromatic rings. The lowest BCUT2D eigenvalue weighted by atomic mass is 9.76. The number of hydrogen-bond acceptors (Lipinski definition) is 5. The summed E-state index contributed by atoms with van der Waals surface area (Å²) >= 11 is 0. The summed E-state index contributed by atoms with van der Waals surface area (Å²) in [5.74, 6) is -0.382. The number of hydrogen-bond donors (Lipinski definition) is 1. The van der Waals surface area contributed by atoms with E-state index in [0.717, 1.165) is 25.7 Å². The number of esters is 1. The molecule has 1 aromatic heterocycles. The quantitative estimate of drug-likeness (QED) is 0.832. The zero-order chi connectivity index (χ0) is 13.9. The van der Waals surface area contributed by atoms with Gasteiger partial charge in [-0.05, 0) is 31.1 Å². The van der Waals surface area contributed by atoms with E-state index in [4.69, 9.17) is 10.5 Å². The van der Waals surface area contributed by atoms with Crippen LogP contribution in [-0.2, 0) is 11.3 Å².